The zero-order chi connectivity index (χ0) is 22.7. The molecule has 10 nitrogen and oxygen atoms in total. The molecule has 170 valence electrons. The molecule has 0 radical (unpaired) electrons. The van der Waals surface area contributed by atoms with E-state index in [-0.39, 0.29) is 6.54 Å². The summed E-state index contributed by atoms with van der Waals surface area (Å²) in [6, 6.07) is 1.16. The molecular formula is C19H20F3N7O3. The Hall–Kier alpha value is -3.38. The molecule has 0 aliphatic carbocycles. The van der Waals surface area contributed by atoms with Crippen molar-refractivity contribution < 1.29 is 27.6 Å². The topological polar surface area (TPSA) is 112 Å². The Kier molecular flexibility index (Phi) is 4.53. The summed E-state index contributed by atoms with van der Waals surface area (Å²) in [4.78, 5) is 43.6. The predicted molar refractivity (Wildman–Crippen MR) is 104 cm³/mol. The number of fused-ring (bicyclic) bond motifs is 1. The van der Waals surface area contributed by atoms with Gasteiger partial charge in [0.25, 0.3) is 0 Å². The lowest BCUT2D eigenvalue weighted by atomic mass is 9.83. The molecule has 2 unspecified atom stereocenters. The van der Waals surface area contributed by atoms with E-state index in [1.54, 1.807) is 18.5 Å². The molecule has 3 fully saturated rings. The number of rotatable bonds is 3. The second-order valence-corrected chi connectivity index (χ2v) is 8.38. The minimum atomic E-state index is -4.54. The van der Waals surface area contributed by atoms with Gasteiger partial charge >= 0.3 is 12.2 Å². The average molecular weight is 451 g/mol. The number of aromatic nitrogens is 3. The maximum atomic E-state index is 12.7. The van der Waals surface area contributed by atoms with Gasteiger partial charge in [0.05, 0.1) is 22.8 Å². The standard InChI is InChI=1S/C19H20F3N7O3/c20-19(21,22)8-14(30)28-5-2-18(28)1-4-27(10-18)13-7-12(26-29-6-3-23-15(13)29)11-9-24-17(32)25-16(11)31/h3,6-7,11H,1-2,4-5,8-10H2,(H2,24,25,31,32). The lowest BCUT2D eigenvalue weighted by Gasteiger charge is -2.50. The van der Waals surface area contributed by atoms with Crippen LogP contribution in [0.5, 0.6) is 0 Å². The number of halogens is 3. The maximum Gasteiger partial charge on any atom is 0.397 e. The summed E-state index contributed by atoms with van der Waals surface area (Å²) in [5.41, 5.74) is 1.02. The van der Waals surface area contributed by atoms with Crippen LogP contribution in [0, 0.1) is 0 Å². The van der Waals surface area contributed by atoms with Crippen LogP contribution in [0.15, 0.2) is 18.5 Å². The number of hydrogen-bond donors (Lipinski definition) is 2. The van der Waals surface area contributed by atoms with Crippen LogP contribution < -0.4 is 15.5 Å². The minimum Gasteiger partial charge on any atom is -0.366 e. The average Bonchev–Trinajstić information content (AvgIpc) is 3.33. The van der Waals surface area contributed by atoms with Crippen molar-refractivity contribution in [2.75, 3.05) is 31.1 Å². The molecule has 13 heteroatoms. The molecule has 2 aromatic rings. The summed E-state index contributed by atoms with van der Waals surface area (Å²) in [5, 5.41) is 9.24. The number of imidazole rings is 1. The lowest BCUT2D eigenvalue weighted by Crippen LogP contribution is -2.63. The SMILES string of the molecule is O=C1NCC(c2cc(N3CCC4(CCN4C(=O)CC(F)(F)F)C3)c3nccn3n2)C(=O)N1. The van der Waals surface area contributed by atoms with Gasteiger partial charge in [-0.3, -0.25) is 14.9 Å². The minimum absolute atomic E-state index is 0.0982. The number of amides is 4. The van der Waals surface area contributed by atoms with Crippen LogP contribution in [0.4, 0.5) is 23.7 Å². The van der Waals surface area contributed by atoms with Crippen molar-refractivity contribution in [2.24, 2.45) is 0 Å². The molecule has 5 rings (SSSR count). The normalized spacial score (nSPS) is 25.8. The van der Waals surface area contributed by atoms with Gasteiger partial charge in [-0.15, -0.1) is 0 Å². The van der Waals surface area contributed by atoms with Crippen LogP contribution in [0.25, 0.3) is 5.65 Å². The zero-order valence-electron chi connectivity index (χ0n) is 16.9. The fraction of sp³-hybridized carbons (Fsp3) is 0.526. The van der Waals surface area contributed by atoms with Crippen LogP contribution in [-0.4, -0.2) is 75.2 Å². The largest absolute Gasteiger partial charge is 0.397 e. The highest BCUT2D eigenvalue weighted by Gasteiger charge is 2.53. The Morgan fingerprint density at radius 2 is 2.03 bits per heavy atom. The summed E-state index contributed by atoms with van der Waals surface area (Å²) >= 11 is 0. The first kappa shape index (κ1) is 20.5. The summed E-state index contributed by atoms with van der Waals surface area (Å²) in [6.45, 7) is 1.30. The fourth-order valence-corrected chi connectivity index (χ4v) is 4.77. The Labute approximate surface area is 179 Å². The van der Waals surface area contributed by atoms with E-state index in [1.165, 1.54) is 9.42 Å². The van der Waals surface area contributed by atoms with Crippen LogP contribution in [-0.2, 0) is 9.59 Å². The second kappa shape index (κ2) is 7.07. The highest BCUT2D eigenvalue weighted by molar-refractivity contribution is 6.00. The third-order valence-corrected chi connectivity index (χ3v) is 6.43. The molecule has 2 aromatic heterocycles. The van der Waals surface area contributed by atoms with Gasteiger partial charge in [-0.25, -0.2) is 14.3 Å². The molecule has 32 heavy (non-hydrogen) atoms. The smallest absolute Gasteiger partial charge is 0.366 e. The number of imide groups is 1. The van der Waals surface area contributed by atoms with Gasteiger partial charge in [0, 0.05) is 38.6 Å². The molecule has 4 amide bonds. The van der Waals surface area contributed by atoms with E-state index in [0.717, 1.165) is 0 Å². The first-order chi connectivity index (χ1) is 15.2. The van der Waals surface area contributed by atoms with Gasteiger partial charge in [0.15, 0.2) is 5.65 Å². The molecule has 5 heterocycles. The van der Waals surface area contributed by atoms with Gasteiger partial charge in [-0.1, -0.05) is 0 Å². The van der Waals surface area contributed by atoms with Crippen molar-refractivity contribution in [3.63, 3.8) is 0 Å². The number of alkyl halides is 3. The van der Waals surface area contributed by atoms with Crippen molar-refractivity contribution in [1.82, 2.24) is 30.1 Å². The third kappa shape index (κ3) is 3.41. The van der Waals surface area contributed by atoms with Crippen molar-refractivity contribution in [1.29, 1.82) is 0 Å². The quantitative estimate of drug-likeness (QED) is 0.714. The number of carbonyl (C=O) groups is 3. The fourth-order valence-electron chi connectivity index (χ4n) is 4.77. The Morgan fingerprint density at radius 3 is 2.72 bits per heavy atom. The summed E-state index contributed by atoms with van der Waals surface area (Å²) < 4.78 is 39.7. The molecule has 0 saturated carbocycles. The van der Waals surface area contributed by atoms with Crippen LogP contribution in [0.2, 0.25) is 0 Å². The van der Waals surface area contributed by atoms with Crippen molar-refractivity contribution >= 4 is 29.2 Å². The van der Waals surface area contributed by atoms with E-state index >= 15 is 0 Å². The summed E-state index contributed by atoms with van der Waals surface area (Å²) in [5.74, 6) is -2.06. The van der Waals surface area contributed by atoms with Crippen molar-refractivity contribution in [3.05, 3.63) is 24.2 Å². The monoisotopic (exact) mass is 451 g/mol. The number of carbonyl (C=O) groups excluding carboxylic acids is 3. The van der Waals surface area contributed by atoms with E-state index in [1.807, 2.05) is 4.90 Å². The van der Waals surface area contributed by atoms with Crippen LogP contribution in [0.1, 0.15) is 30.9 Å². The predicted octanol–water partition coefficient (Wildman–Crippen LogP) is 0.786. The second-order valence-electron chi connectivity index (χ2n) is 8.38. The molecule has 2 N–H and O–H groups in total. The Morgan fingerprint density at radius 1 is 1.25 bits per heavy atom. The van der Waals surface area contributed by atoms with E-state index in [9.17, 15) is 27.6 Å². The number of nitrogens with zero attached hydrogens (tertiary/aromatic N) is 5. The number of anilines is 1. The van der Waals surface area contributed by atoms with Crippen LogP contribution in [0.3, 0.4) is 0 Å². The van der Waals surface area contributed by atoms with Crippen molar-refractivity contribution in [3.8, 4) is 0 Å². The number of likely N-dealkylation sites (tertiary alicyclic amines) is 1. The Balaban J connectivity index is 1.42. The molecule has 0 aromatic carbocycles. The first-order valence-electron chi connectivity index (χ1n) is 10.2. The van der Waals surface area contributed by atoms with Gasteiger partial charge in [0.1, 0.15) is 6.42 Å². The van der Waals surface area contributed by atoms with Gasteiger partial charge in [0.2, 0.25) is 11.8 Å². The highest BCUT2D eigenvalue weighted by Crippen LogP contribution is 2.42. The van der Waals surface area contributed by atoms with Gasteiger partial charge in [-0.2, -0.15) is 18.3 Å². The van der Waals surface area contributed by atoms with E-state index in [0.29, 0.717) is 49.5 Å². The van der Waals surface area contributed by atoms with E-state index in [2.05, 4.69) is 20.7 Å². The first-order valence-corrected chi connectivity index (χ1v) is 10.2. The summed E-state index contributed by atoms with van der Waals surface area (Å²) in [7, 11) is 0. The highest BCUT2D eigenvalue weighted by atomic mass is 19.4. The van der Waals surface area contributed by atoms with Crippen molar-refractivity contribution in [2.45, 2.75) is 36.9 Å². The molecule has 3 aliphatic heterocycles. The number of nitrogens with one attached hydrogen (secondary N) is 2. The van der Waals surface area contributed by atoms with Crippen LogP contribution >= 0.6 is 0 Å². The third-order valence-electron chi connectivity index (χ3n) is 6.43. The maximum absolute atomic E-state index is 12.7. The Bertz CT molecular complexity index is 1120. The zero-order valence-corrected chi connectivity index (χ0v) is 16.9. The van der Waals surface area contributed by atoms with Gasteiger partial charge in [-0.05, 0) is 18.9 Å². The molecule has 2 atom stereocenters. The lowest BCUT2D eigenvalue weighted by molar-refractivity contribution is -0.171. The number of hydrogen-bond acceptors (Lipinski definition) is 6. The molecule has 3 saturated heterocycles. The van der Waals surface area contributed by atoms with E-state index < -0.39 is 41.9 Å². The summed E-state index contributed by atoms with van der Waals surface area (Å²) in [6.07, 6.45) is -1.62. The molecule has 1 spiro atoms. The van der Waals surface area contributed by atoms with E-state index in [4.69, 9.17) is 0 Å². The molecule has 3 aliphatic rings. The molecular weight excluding hydrogens is 431 g/mol. The number of urea groups is 1. The molecule has 0 bridgehead atoms. The van der Waals surface area contributed by atoms with Gasteiger partial charge < -0.3 is 15.1 Å².